The lowest BCUT2D eigenvalue weighted by atomic mass is 9.71. The number of nitrogens with one attached hydrogen (secondary N) is 1. The number of likely N-dealkylation sites (tertiary alicyclic amines) is 1. The maximum Gasteiger partial charge on any atom is 0.0469 e. The molecule has 0 aromatic heterocycles. The number of hydrogen-bond donors (Lipinski definition) is 1. The third kappa shape index (κ3) is 3.67. The van der Waals surface area contributed by atoms with Crippen molar-refractivity contribution in [2.24, 2.45) is 5.92 Å². The lowest BCUT2D eigenvalue weighted by molar-refractivity contribution is -0.0628. The van der Waals surface area contributed by atoms with Gasteiger partial charge in [-0.25, -0.2) is 0 Å². The van der Waals surface area contributed by atoms with Crippen molar-refractivity contribution in [3.05, 3.63) is 71.3 Å². The number of fused-ring (bicyclic) bond motifs is 2. The highest BCUT2D eigenvalue weighted by Gasteiger charge is 2.51. The first-order chi connectivity index (χ1) is 13.9. The van der Waals surface area contributed by atoms with E-state index in [0.717, 1.165) is 32.2 Å². The predicted molar refractivity (Wildman–Crippen MR) is 115 cm³/mol. The molecular weight excluding hydrogens is 344 g/mol. The Morgan fingerprint density at radius 1 is 0.857 bits per heavy atom. The first-order valence-corrected chi connectivity index (χ1v) is 10.8. The average Bonchev–Trinajstić information content (AvgIpc) is 2.78. The van der Waals surface area contributed by atoms with Gasteiger partial charge in [-0.2, -0.15) is 0 Å². The smallest absolute Gasteiger partial charge is 0.0469 e. The molecule has 2 bridgehead atoms. The van der Waals surface area contributed by atoms with Gasteiger partial charge in [0.2, 0.25) is 0 Å². The average molecular weight is 375 g/mol. The van der Waals surface area contributed by atoms with E-state index in [1.807, 2.05) is 0 Å². The summed E-state index contributed by atoms with van der Waals surface area (Å²) in [7, 11) is 0. The molecule has 2 aromatic carbocycles. The number of hydrogen-bond acceptors (Lipinski definition) is 3. The molecule has 0 spiro atoms. The summed E-state index contributed by atoms with van der Waals surface area (Å²) in [5, 5.41) is 3.62. The molecule has 28 heavy (non-hydrogen) atoms. The molecule has 0 saturated carbocycles. The normalized spacial score (nSPS) is 28.4. The molecule has 0 radical (unpaired) electrons. The second-order valence-corrected chi connectivity index (χ2v) is 8.48. The van der Waals surface area contributed by atoms with Gasteiger partial charge < -0.3 is 10.1 Å². The van der Waals surface area contributed by atoms with E-state index in [9.17, 15) is 0 Å². The zero-order valence-electron chi connectivity index (χ0n) is 16.5. The Morgan fingerprint density at radius 3 is 2.18 bits per heavy atom. The Morgan fingerprint density at radius 2 is 1.50 bits per heavy atom. The Labute approximate surface area is 168 Å². The van der Waals surface area contributed by atoms with Crippen LogP contribution >= 0.6 is 0 Å². The minimum Gasteiger partial charge on any atom is -0.381 e. The molecular formula is C25H30N2O. The SMILES string of the molecule is C(=Cc1ccc(C2[C@H]3CNC[C@@H]2N3CC2CCOCC2)cc1)c1ccccc1. The molecule has 5 rings (SSSR count). The van der Waals surface area contributed by atoms with Crippen LogP contribution in [0.25, 0.3) is 12.2 Å². The van der Waals surface area contributed by atoms with E-state index in [1.165, 1.54) is 36.1 Å². The largest absolute Gasteiger partial charge is 0.381 e. The predicted octanol–water partition coefficient (Wildman–Crippen LogP) is 4.02. The molecule has 1 N–H and O–H groups in total. The highest BCUT2D eigenvalue weighted by atomic mass is 16.5. The Kier molecular flexibility index (Phi) is 5.30. The van der Waals surface area contributed by atoms with Gasteiger partial charge in [-0.3, -0.25) is 4.90 Å². The Bertz CT molecular complexity index is 783. The maximum atomic E-state index is 5.54. The Balaban J connectivity index is 1.24. The number of rotatable bonds is 5. The maximum absolute atomic E-state index is 5.54. The van der Waals surface area contributed by atoms with Gasteiger partial charge in [0.05, 0.1) is 0 Å². The van der Waals surface area contributed by atoms with E-state index >= 15 is 0 Å². The lowest BCUT2D eigenvalue weighted by Gasteiger charge is -2.60. The van der Waals surface area contributed by atoms with Gasteiger partial charge in [0.15, 0.2) is 0 Å². The molecule has 3 aliphatic heterocycles. The van der Waals surface area contributed by atoms with Crippen molar-refractivity contribution >= 4 is 12.2 Å². The first-order valence-electron chi connectivity index (χ1n) is 10.8. The summed E-state index contributed by atoms with van der Waals surface area (Å²) in [6, 6.07) is 21.1. The van der Waals surface area contributed by atoms with Crippen molar-refractivity contribution in [1.82, 2.24) is 10.2 Å². The van der Waals surface area contributed by atoms with Crippen LogP contribution in [0.4, 0.5) is 0 Å². The van der Waals surface area contributed by atoms with Crippen LogP contribution in [-0.4, -0.2) is 49.8 Å². The van der Waals surface area contributed by atoms with Crippen LogP contribution in [0.5, 0.6) is 0 Å². The molecule has 1 unspecified atom stereocenters. The summed E-state index contributed by atoms with van der Waals surface area (Å²) >= 11 is 0. The summed E-state index contributed by atoms with van der Waals surface area (Å²) in [5.41, 5.74) is 4.03. The molecule has 3 fully saturated rings. The standard InChI is InChI=1S/C25H30N2O/c1-2-4-19(5-3-1)6-7-20-8-10-22(11-9-20)25-23-16-26-17-24(25)27(23)18-21-12-14-28-15-13-21/h1-11,21,23-26H,12-18H2/t23-,24+,25?. The van der Waals surface area contributed by atoms with Crippen molar-refractivity contribution in [2.75, 3.05) is 32.8 Å². The van der Waals surface area contributed by atoms with E-state index in [-0.39, 0.29) is 0 Å². The molecule has 3 heteroatoms. The van der Waals surface area contributed by atoms with Gasteiger partial charge >= 0.3 is 0 Å². The summed E-state index contributed by atoms with van der Waals surface area (Å²) in [4.78, 5) is 2.78. The van der Waals surface area contributed by atoms with E-state index in [0.29, 0.717) is 18.0 Å². The van der Waals surface area contributed by atoms with Crippen LogP contribution in [0, 0.1) is 5.92 Å². The second-order valence-electron chi connectivity index (χ2n) is 8.48. The molecule has 3 nitrogen and oxygen atoms in total. The second kappa shape index (κ2) is 8.20. The molecule has 2 aromatic rings. The van der Waals surface area contributed by atoms with Crippen molar-refractivity contribution in [3.8, 4) is 0 Å². The zero-order valence-corrected chi connectivity index (χ0v) is 16.5. The van der Waals surface area contributed by atoms with Crippen LogP contribution in [0.2, 0.25) is 0 Å². The van der Waals surface area contributed by atoms with Crippen molar-refractivity contribution in [2.45, 2.75) is 30.8 Å². The summed E-state index contributed by atoms with van der Waals surface area (Å²) < 4.78 is 5.54. The van der Waals surface area contributed by atoms with E-state index < -0.39 is 0 Å². The first kappa shape index (κ1) is 18.1. The highest BCUT2D eigenvalue weighted by Crippen LogP contribution is 2.43. The Hall–Kier alpha value is -1.94. The third-order valence-corrected chi connectivity index (χ3v) is 6.79. The number of benzene rings is 2. The summed E-state index contributed by atoms with van der Waals surface area (Å²) in [6.07, 6.45) is 6.86. The molecule has 146 valence electrons. The van der Waals surface area contributed by atoms with E-state index in [1.54, 1.807) is 0 Å². The number of piperazine rings is 1. The lowest BCUT2D eigenvalue weighted by Crippen LogP contribution is -2.73. The van der Waals surface area contributed by atoms with Crippen LogP contribution in [0.15, 0.2) is 54.6 Å². The molecule has 0 aliphatic carbocycles. The van der Waals surface area contributed by atoms with Gasteiger partial charge in [0.1, 0.15) is 0 Å². The number of nitrogens with zero attached hydrogens (tertiary/aromatic N) is 1. The van der Waals surface area contributed by atoms with Crippen molar-refractivity contribution in [3.63, 3.8) is 0 Å². The van der Waals surface area contributed by atoms with Gasteiger partial charge in [0.25, 0.3) is 0 Å². The van der Waals surface area contributed by atoms with E-state index in [2.05, 4.69) is 77.0 Å². The van der Waals surface area contributed by atoms with Crippen LogP contribution < -0.4 is 5.32 Å². The minimum absolute atomic E-state index is 0.660. The number of piperidine rings is 1. The fourth-order valence-corrected chi connectivity index (χ4v) is 5.21. The number of ether oxygens (including phenoxy) is 1. The highest BCUT2D eigenvalue weighted by molar-refractivity contribution is 5.69. The fourth-order valence-electron chi connectivity index (χ4n) is 5.21. The molecule has 3 aliphatic rings. The summed E-state index contributed by atoms with van der Waals surface area (Å²) in [5.74, 6) is 1.51. The fraction of sp³-hybridized carbons (Fsp3) is 0.440. The van der Waals surface area contributed by atoms with Crippen LogP contribution in [0.1, 0.15) is 35.4 Å². The molecule has 3 atom stereocenters. The van der Waals surface area contributed by atoms with Gasteiger partial charge in [-0.05, 0) is 35.4 Å². The van der Waals surface area contributed by atoms with Crippen LogP contribution in [-0.2, 0) is 4.74 Å². The minimum atomic E-state index is 0.660. The third-order valence-electron chi connectivity index (χ3n) is 6.79. The van der Waals surface area contributed by atoms with Gasteiger partial charge in [0, 0.05) is 50.8 Å². The monoisotopic (exact) mass is 374 g/mol. The van der Waals surface area contributed by atoms with E-state index in [4.69, 9.17) is 4.74 Å². The molecule has 3 saturated heterocycles. The quantitative estimate of drug-likeness (QED) is 0.800. The van der Waals surface area contributed by atoms with Crippen LogP contribution in [0.3, 0.4) is 0 Å². The zero-order chi connectivity index (χ0) is 18.8. The topological polar surface area (TPSA) is 24.5 Å². The van der Waals surface area contributed by atoms with Crippen molar-refractivity contribution in [1.29, 1.82) is 0 Å². The molecule has 0 amide bonds. The van der Waals surface area contributed by atoms with Crippen molar-refractivity contribution < 1.29 is 4.74 Å². The van der Waals surface area contributed by atoms with Gasteiger partial charge in [-0.15, -0.1) is 0 Å². The summed E-state index contributed by atoms with van der Waals surface area (Å²) in [6.45, 7) is 5.41. The molecule has 3 heterocycles. The van der Waals surface area contributed by atoms with Gasteiger partial charge in [-0.1, -0.05) is 66.7 Å².